The van der Waals surface area contributed by atoms with Gasteiger partial charge in [-0.15, -0.1) is 0 Å². The summed E-state index contributed by atoms with van der Waals surface area (Å²) in [6.45, 7) is -0.548. The van der Waals surface area contributed by atoms with Gasteiger partial charge in [-0.3, -0.25) is 14.4 Å². The molecule has 0 atom stereocenters. The van der Waals surface area contributed by atoms with Crippen molar-refractivity contribution in [3.8, 4) is 0 Å². The SMILES string of the molecule is COC(=O)Cc1nn(CC(=O)Nc2cccc(C(F)(F)F)c2)c(=O)c2ccccc12. The van der Waals surface area contributed by atoms with Crippen molar-refractivity contribution in [2.75, 3.05) is 12.4 Å². The number of rotatable bonds is 5. The van der Waals surface area contributed by atoms with Gasteiger partial charge in [0.15, 0.2) is 0 Å². The largest absolute Gasteiger partial charge is 0.469 e. The summed E-state index contributed by atoms with van der Waals surface area (Å²) in [4.78, 5) is 36.7. The minimum absolute atomic E-state index is 0.0709. The number of amides is 1. The zero-order valence-corrected chi connectivity index (χ0v) is 15.7. The third-order valence-electron chi connectivity index (χ3n) is 4.25. The summed E-state index contributed by atoms with van der Waals surface area (Å²) in [5.74, 6) is -1.32. The summed E-state index contributed by atoms with van der Waals surface area (Å²) in [6, 6.07) is 10.6. The first-order valence-corrected chi connectivity index (χ1v) is 8.71. The molecule has 0 saturated heterocycles. The van der Waals surface area contributed by atoms with E-state index in [1.54, 1.807) is 18.2 Å². The number of carbonyl (C=O) groups is 2. The Morgan fingerprint density at radius 2 is 1.80 bits per heavy atom. The predicted octanol–water partition coefficient (Wildman–Crippen LogP) is 2.77. The Hall–Kier alpha value is -3.69. The van der Waals surface area contributed by atoms with Gasteiger partial charge in [0, 0.05) is 11.1 Å². The van der Waals surface area contributed by atoms with Crippen molar-refractivity contribution in [1.82, 2.24) is 9.78 Å². The standard InChI is InChI=1S/C20H16F3N3O4/c1-30-18(28)10-16-14-7-2-3-8-15(14)19(29)26(25-16)11-17(27)24-13-6-4-5-12(9-13)20(21,22)23/h2-9H,10-11H2,1H3,(H,24,27). The number of alkyl halides is 3. The van der Waals surface area contributed by atoms with E-state index in [2.05, 4.69) is 15.2 Å². The highest BCUT2D eigenvalue weighted by molar-refractivity contribution is 5.91. The van der Waals surface area contributed by atoms with E-state index in [9.17, 15) is 27.6 Å². The van der Waals surface area contributed by atoms with Crippen LogP contribution in [0.3, 0.4) is 0 Å². The van der Waals surface area contributed by atoms with Crippen LogP contribution in [0.1, 0.15) is 11.3 Å². The Morgan fingerprint density at radius 3 is 2.47 bits per heavy atom. The number of nitrogens with zero attached hydrogens (tertiary/aromatic N) is 2. The van der Waals surface area contributed by atoms with Gasteiger partial charge in [-0.05, 0) is 24.3 Å². The second kappa shape index (κ2) is 8.36. The van der Waals surface area contributed by atoms with Gasteiger partial charge in [-0.2, -0.15) is 18.3 Å². The lowest BCUT2D eigenvalue weighted by molar-refractivity contribution is -0.140. The van der Waals surface area contributed by atoms with E-state index in [0.29, 0.717) is 5.39 Å². The molecule has 3 rings (SSSR count). The molecule has 30 heavy (non-hydrogen) atoms. The van der Waals surface area contributed by atoms with Crippen molar-refractivity contribution in [1.29, 1.82) is 0 Å². The topological polar surface area (TPSA) is 90.3 Å². The quantitative estimate of drug-likeness (QED) is 0.643. The first-order valence-electron chi connectivity index (χ1n) is 8.71. The van der Waals surface area contributed by atoms with Crippen LogP contribution in [0.15, 0.2) is 53.3 Å². The second-order valence-electron chi connectivity index (χ2n) is 6.33. The predicted molar refractivity (Wildman–Crippen MR) is 102 cm³/mol. The number of methoxy groups -OCH3 is 1. The zero-order chi connectivity index (χ0) is 21.9. The lowest BCUT2D eigenvalue weighted by Crippen LogP contribution is -2.31. The molecule has 2 aromatic carbocycles. The van der Waals surface area contributed by atoms with Crippen molar-refractivity contribution < 1.29 is 27.5 Å². The van der Waals surface area contributed by atoms with Crippen LogP contribution in [-0.2, 0) is 33.5 Å². The van der Waals surface area contributed by atoms with Gasteiger partial charge >= 0.3 is 12.1 Å². The first kappa shape index (κ1) is 21.0. The maximum atomic E-state index is 12.8. The Bertz CT molecular complexity index is 1170. The van der Waals surface area contributed by atoms with Crippen molar-refractivity contribution in [3.63, 3.8) is 0 Å². The summed E-state index contributed by atoms with van der Waals surface area (Å²) in [5, 5.41) is 7.10. The number of halogens is 3. The molecule has 0 aliphatic rings. The number of esters is 1. The number of anilines is 1. The van der Waals surface area contributed by atoms with E-state index in [1.807, 2.05) is 0 Å². The summed E-state index contributed by atoms with van der Waals surface area (Å²) in [5.41, 5.74) is -1.32. The third-order valence-corrected chi connectivity index (χ3v) is 4.25. The van der Waals surface area contributed by atoms with Crippen LogP contribution in [0.25, 0.3) is 10.8 Å². The maximum Gasteiger partial charge on any atom is 0.416 e. The molecular formula is C20H16F3N3O4. The highest BCUT2D eigenvalue weighted by Gasteiger charge is 2.30. The molecule has 0 saturated carbocycles. The summed E-state index contributed by atoms with van der Waals surface area (Å²) in [6.07, 6.45) is -4.77. The average Bonchev–Trinajstić information content (AvgIpc) is 2.71. The fourth-order valence-electron chi connectivity index (χ4n) is 2.86. The normalized spacial score (nSPS) is 11.3. The molecule has 0 fully saturated rings. The number of hydrogen-bond acceptors (Lipinski definition) is 5. The highest BCUT2D eigenvalue weighted by atomic mass is 19.4. The van der Waals surface area contributed by atoms with Crippen LogP contribution >= 0.6 is 0 Å². The van der Waals surface area contributed by atoms with Crippen molar-refractivity contribution >= 4 is 28.3 Å². The molecule has 0 bridgehead atoms. The Balaban J connectivity index is 1.90. The fourth-order valence-corrected chi connectivity index (χ4v) is 2.86. The van der Waals surface area contributed by atoms with Crippen LogP contribution in [-0.4, -0.2) is 28.8 Å². The molecule has 0 unspecified atom stereocenters. The number of carbonyl (C=O) groups excluding carboxylic acids is 2. The summed E-state index contributed by atoms with van der Waals surface area (Å²) < 4.78 is 44.0. The third kappa shape index (κ3) is 4.65. The molecule has 0 aliphatic heterocycles. The molecule has 10 heteroatoms. The van der Waals surface area contributed by atoms with Crippen LogP contribution in [0, 0.1) is 0 Å². The molecule has 1 aromatic heterocycles. The molecular weight excluding hydrogens is 403 g/mol. The minimum atomic E-state index is -4.56. The molecule has 3 aromatic rings. The number of hydrogen-bond donors (Lipinski definition) is 1. The van der Waals surface area contributed by atoms with E-state index < -0.39 is 35.7 Å². The molecule has 1 amide bonds. The van der Waals surface area contributed by atoms with Gasteiger partial charge in [-0.25, -0.2) is 4.68 Å². The maximum absolute atomic E-state index is 12.8. The molecule has 0 aliphatic carbocycles. The fraction of sp³-hybridized carbons (Fsp3) is 0.200. The van der Waals surface area contributed by atoms with Gasteiger partial charge < -0.3 is 10.1 Å². The molecule has 1 N–H and O–H groups in total. The molecule has 0 radical (unpaired) electrons. The van der Waals surface area contributed by atoms with Gasteiger partial charge in [0.1, 0.15) is 6.54 Å². The summed E-state index contributed by atoms with van der Waals surface area (Å²) >= 11 is 0. The Labute approximate surface area is 168 Å². The number of nitrogens with one attached hydrogen (secondary N) is 1. The lowest BCUT2D eigenvalue weighted by Gasteiger charge is -2.12. The average molecular weight is 419 g/mol. The number of aromatic nitrogens is 2. The minimum Gasteiger partial charge on any atom is -0.469 e. The monoisotopic (exact) mass is 419 g/mol. The van der Waals surface area contributed by atoms with E-state index in [-0.39, 0.29) is 23.2 Å². The summed E-state index contributed by atoms with van der Waals surface area (Å²) in [7, 11) is 1.21. The number of benzene rings is 2. The van der Waals surface area contributed by atoms with Gasteiger partial charge in [0.25, 0.3) is 5.56 Å². The van der Waals surface area contributed by atoms with Crippen molar-refractivity contribution in [2.45, 2.75) is 19.1 Å². The van der Waals surface area contributed by atoms with E-state index >= 15 is 0 Å². The van der Waals surface area contributed by atoms with Crippen LogP contribution in [0.4, 0.5) is 18.9 Å². The van der Waals surface area contributed by atoms with Crippen molar-refractivity contribution in [2.24, 2.45) is 0 Å². The lowest BCUT2D eigenvalue weighted by atomic mass is 10.1. The molecule has 156 valence electrons. The van der Waals surface area contributed by atoms with Crippen LogP contribution < -0.4 is 10.9 Å². The van der Waals surface area contributed by atoms with Crippen molar-refractivity contribution in [3.05, 3.63) is 70.1 Å². The number of fused-ring (bicyclic) bond motifs is 1. The van der Waals surface area contributed by atoms with Gasteiger partial charge in [0.2, 0.25) is 5.91 Å². The molecule has 0 spiro atoms. The molecule has 1 heterocycles. The Morgan fingerprint density at radius 1 is 1.10 bits per heavy atom. The van der Waals surface area contributed by atoms with E-state index in [0.717, 1.165) is 22.9 Å². The first-order chi connectivity index (χ1) is 14.2. The zero-order valence-electron chi connectivity index (χ0n) is 15.7. The Kier molecular flexibility index (Phi) is 5.86. The highest BCUT2D eigenvalue weighted by Crippen LogP contribution is 2.30. The molecule has 7 nitrogen and oxygen atoms in total. The van der Waals surface area contributed by atoms with Crippen LogP contribution in [0.2, 0.25) is 0 Å². The smallest absolute Gasteiger partial charge is 0.416 e. The van der Waals surface area contributed by atoms with E-state index in [1.165, 1.54) is 19.2 Å². The van der Waals surface area contributed by atoms with Gasteiger partial charge in [0.05, 0.1) is 30.2 Å². The van der Waals surface area contributed by atoms with Gasteiger partial charge in [-0.1, -0.05) is 24.3 Å². The van der Waals surface area contributed by atoms with E-state index in [4.69, 9.17) is 0 Å². The number of ether oxygens (including phenoxy) is 1. The van der Waals surface area contributed by atoms with Crippen LogP contribution in [0.5, 0.6) is 0 Å². The second-order valence-corrected chi connectivity index (χ2v) is 6.33.